The van der Waals surface area contributed by atoms with Crippen molar-refractivity contribution in [1.29, 1.82) is 0 Å². The molecular formula is C27H29NO3. The summed E-state index contributed by atoms with van der Waals surface area (Å²) in [6.07, 6.45) is 0.815. The quantitative estimate of drug-likeness (QED) is 0.575. The maximum atomic E-state index is 13.3. The lowest BCUT2D eigenvalue weighted by Gasteiger charge is -2.41. The van der Waals surface area contributed by atoms with Crippen LogP contribution in [0.3, 0.4) is 0 Å². The molecule has 1 fully saturated rings. The normalized spacial score (nSPS) is 18.1. The van der Waals surface area contributed by atoms with Gasteiger partial charge in [-0.2, -0.15) is 0 Å². The second-order valence-corrected chi connectivity index (χ2v) is 8.24. The van der Waals surface area contributed by atoms with E-state index < -0.39 is 11.6 Å². The number of rotatable bonds is 6. The molecule has 0 bridgehead atoms. The van der Waals surface area contributed by atoms with Gasteiger partial charge >= 0.3 is 5.97 Å². The Kier molecular flexibility index (Phi) is 6.50. The number of carbonyl (C=O) groups is 1. The molecule has 31 heavy (non-hydrogen) atoms. The summed E-state index contributed by atoms with van der Waals surface area (Å²) in [5.41, 5.74) is 1.96. The summed E-state index contributed by atoms with van der Waals surface area (Å²) in [5.74, 6) is -0.257. The minimum Gasteiger partial charge on any atom is -0.456 e. The van der Waals surface area contributed by atoms with E-state index in [-0.39, 0.29) is 12.1 Å². The molecule has 0 saturated carbocycles. The van der Waals surface area contributed by atoms with E-state index in [0.29, 0.717) is 25.9 Å². The molecule has 0 amide bonds. The second-order valence-electron chi connectivity index (χ2n) is 8.24. The van der Waals surface area contributed by atoms with E-state index in [4.69, 9.17) is 4.74 Å². The van der Waals surface area contributed by atoms with Crippen LogP contribution < -0.4 is 0 Å². The van der Waals surface area contributed by atoms with Gasteiger partial charge < -0.3 is 9.84 Å². The van der Waals surface area contributed by atoms with Crippen LogP contribution in [0.4, 0.5) is 0 Å². The number of ether oxygens (including phenoxy) is 1. The first kappa shape index (κ1) is 21.3. The van der Waals surface area contributed by atoms with Crippen LogP contribution in [0.25, 0.3) is 0 Å². The van der Waals surface area contributed by atoms with E-state index in [1.807, 2.05) is 97.9 Å². The number of aliphatic hydroxyl groups is 1. The summed E-state index contributed by atoms with van der Waals surface area (Å²) in [5, 5.41) is 11.2. The zero-order valence-electron chi connectivity index (χ0n) is 17.9. The number of nitrogens with zero attached hydrogens (tertiary/aromatic N) is 1. The van der Waals surface area contributed by atoms with Gasteiger partial charge in [-0.05, 0) is 36.5 Å². The van der Waals surface area contributed by atoms with Crippen molar-refractivity contribution >= 4 is 5.97 Å². The molecule has 1 aliphatic heterocycles. The summed E-state index contributed by atoms with van der Waals surface area (Å²) in [4.78, 5) is 15.5. The highest BCUT2D eigenvalue weighted by atomic mass is 16.5. The Bertz CT molecular complexity index is 967. The molecule has 0 spiro atoms. The molecule has 0 radical (unpaired) electrons. The molecule has 160 valence electrons. The van der Waals surface area contributed by atoms with Gasteiger partial charge in [-0.25, -0.2) is 4.79 Å². The van der Waals surface area contributed by atoms with Crippen molar-refractivity contribution < 1.29 is 14.6 Å². The standard InChI is InChI=1S/C27H29NO3/c1-21(22-11-5-2-6-12-22)31-26(29)25(23-13-7-3-8-14-23)28-19-17-27(30,18-20-28)24-15-9-4-10-16-24/h2-16,21,25,30H,17-20H2,1H3/t21?,25-/m1/s1. The predicted octanol–water partition coefficient (Wildman–Crippen LogP) is 5.02. The molecule has 4 rings (SSSR count). The molecule has 4 nitrogen and oxygen atoms in total. The topological polar surface area (TPSA) is 49.8 Å². The lowest BCUT2D eigenvalue weighted by Crippen LogP contribution is -2.46. The fraction of sp³-hybridized carbons (Fsp3) is 0.296. The molecule has 0 aromatic heterocycles. The minimum absolute atomic E-state index is 0.257. The van der Waals surface area contributed by atoms with Gasteiger partial charge in [0, 0.05) is 13.1 Å². The average Bonchev–Trinajstić information content (AvgIpc) is 2.82. The Labute approximate surface area is 184 Å². The summed E-state index contributed by atoms with van der Waals surface area (Å²) in [6, 6.07) is 28.9. The maximum absolute atomic E-state index is 13.3. The molecule has 0 aliphatic carbocycles. The van der Waals surface area contributed by atoms with Crippen LogP contribution in [-0.4, -0.2) is 29.1 Å². The van der Waals surface area contributed by atoms with Crippen LogP contribution >= 0.6 is 0 Å². The predicted molar refractivity (Wildman–Crippen MR) is 121 cm³/mol. The van der Waals surface area contributed by atoms with Crippen molar-refractivity contribution in [1.82, 2.24) is 4.90 Å². The van der Waals surface area contributed by atoms with Gasteiger partial charge in [-0.15, -0.1) is 0 Å². The van der Waals surface area contributed by atoms with Crippen LogP contribution in [-0.2, 0) is 15.1 Å². The Morgan fingerprint density at radius 1 is 0.839 bits per heavy atom. The number of benzene rings is 3. The van der Waals surface area contributed by atoms with Crippen molar-refractivity contribution in [2.75, 3.05) is 13.1 Å². The molecule has 1 N–H and O–H groups in total. The third kappa shape index (κ3) is 4.87. The first-order chi connectivity index (χ1) is 15.1. The van der Waals surface area contributed by atoms with Crippen LogP contribution in [0.5, 0.6) is 0 Å². The first-order valence-corrected chi connectivity index (χ1v) is 10.9. The van der Waals surface area contributed by atoms with Gasteiger partial charge in [0.05, 0.1) is 5.60 Å². The Balaban J connectivity index is 1.52. The van der Waals surface area contributed by atoms with Gasteiger partial charge in [0.25, 0.3) is 0 Å². The van der Waals surface area contributed by atoms with Crippen LogP contribution in [0.1, 0.15) is 48.6 Å². The van der Waals surface area contributed by atoms with Gasteiger partial charge in [0.15, 0.2) is 0 Å². The fourth-order valence-electron chi connectivity index (χ4n) is 4.35. The third-order valence-electron chi connectivity index (χ3n) is 6.20. The van der Waals surface area contributed by atoms with E-state index in [2.05, 4.69) is 4.90 Å². The summed E-state index contributed by atoms with van der Waals surface area (Å²) < 4.78 is 5.90. The SMILES string of the molecule is CC(OC(=O)[C@@H](c1ccccc1)N1CCC(O)(c2ccccc2)CC1)c1ccccc1. The van der Waals surface area contributed by atoms with E-state index in [1.165, 1.54) is 0 Å². The lowest BCUT2D eigenvalue weighted by molar-refractivity contribution is -0.157. The zero-order chi connectivity index (χ0) is 21.7. The molecule has 1 heterocycles. The minimum atomic E-state index is -0.861. The largest absolute Gasteiger partial charge is 0.456 e. The average molecular weight is 416 g/mol. The van der Waals surface area contributed by atoms with Crippen LogP contribution in [0.15, 0.2) is 91.0 Å². The van der Waals surface area contributed by atoms with Crippen molar-refractivity contribution in [2.24, 2.45) is 0 Å². The van der Waals surface area contributed by atoms with Crippen molar-refractivity contribution in [2.45, 2.75) is 37.5 Å². The van der Waals surface area contributed by atoms with E-state index in [9.17, 15) is 9.90 Å². The molecule has 2 atom stereocenters. The number of esters is 1. The lowest BCUT2D eigenvalue weighted by atomic mass is 9.83. The summed E-state index contributed by atoms with van der Waals surface area (Å²) >= 11 is 0. The number of hydrogen-bond donors (Lipinski definition) is 1. The van der Waals surface area contributed by atoms with E-state index in [1.54, 1.807) is 0 Å². The van der Waals surface area contributed by atoms with E-state index >= 15 is 0 Å². The second kappa shape index (κ2) is 9.46. The zero-order valence-corrected chi connectivity index (χ0v) is 17.9. The van der Waals surface area contributed by atoms with Gasteiger partial charge in [0.2, 0.25) is 0 Å². The highest BCUT2D eigenvalue weighted by Crippen LogP contribution is 2.36. The molecule has 3 aromatic rings. The maximum Gasteiger partial charge on any atom is 0.328 e. The Morgan fingerprint density at radius 2 is 1.32 bits per heavy atom. The molecule has 1 saturated heterocycles. The molecule has 1 aliphatic rings. The van der Waals surface area contributed by atoms with Gasteiger partial charge in [0.1, 0.15) is 12.1 Å². The smallest absolute Gasteiger partial charge is 0.328 e. The number of carbonyl (C=O) groups excluding carboxylic acids is 1. The van der Waals surface area contributed by atoms with Crippen molar-refractivity contribution in [3.8, 4) is 0 Å². The highest BCUT2D eigenvalue weighted by Gasteiger charge is 2.39. The monoisotopic (exact) mass is 415 g/mol. The van der Waals surface area contributed by atoms with Gasteiger partial charge in [-0.1, -0.05) is 91.0 Å². The summed E-state index contributed by atoms with van der Waals surface area (Å²) in [6.45, 7) is 3.12. The Morgan fingerprint density at radius 3 is 1.87 bits per heavy atom. The number of piperidine rings is 1. The van der Waals surface area contributed by atoms with Crippen molar-refractivity contribution in [3.63, 3.8) is 0 Å². The number of hydrogen-bond acceptors (Lipinski definition) is 4. The van der Waals surface area contributed by atoms with Crippen LogP contribution in [0, 0.1) is 0 Å². The van der Waals surface area contributed by atoms with Crippen molar-refractivity contribution in [3.05, 3.63) is 108 Å². The highest BCUT2D eigenvalue weighted by molar-refractivity contribution is 5.78. The van der Waals surface area contributed by atoms with Gasteiger partial charge in [-0.3, -0.25) is 4.90 Å². The first-order valence-electron chi connectivity index (χ1n) is 10.9. The molecule has 1 unspecified atom stereocenters. The molecule has 4 heteroatoms. The summed E-state index contributed by atoms with van der Waals surface area (Å²) in [7, 11) is 0. The Hall–Kier alpha value is -2.95. The fourth-order valence-corrected chi connectivity index (χ4v) is 4.35. The molecular weight excluding hydrogens is 386 g/mol. The third-order valence-corrected chi connectivity index (χ3v) is 6.20. The van der Waals surface area contributed by atoms with Crippen LogP contribution in [0.2, 0.25) is 0 Å². The number of likely N-dealkylation sites (tertiary alicyclic amines) is 1. The molecule has 3 aromatic carbocycles. The van der Waals surface area contributed by atoms with E-state index in [0.717, 1.165) is 16.7 Å².